The zero-order valence-corrected chi connectivity index (χ0v) is 14.7. The normalized spacial score (nSPS) is 20.5. The minimum atomic E-state index is -4.67. The first-order chi connectivity index (χ1) is 12.2. The van der Waals surface area contributed by atoms with Crippen LogP contribution in [-0.4, -0.2) is 54.3 Å². The molecule has 0 spiro atoms. The number of carbonyl (C=O) groups is 2. The first-order valence-electron chi connectivity index (χ1n) is 7.78. The minimum absolute atomic E-state index is 0.0452. The molecule has 6 nitrogen and oxygen atoms in total. The molecule has 144 valence electrons. The van der Waals surface area contributed by atoms with Crippen LogP contribution < -0.4 is 10.6 Å². The van der Waals surface area contributed by atoms with Gasteiger partial charge in [0.2, 0.25) is 5.91 Å². The Kier molecular flexibility index (Phi) is 6.90. The molecule has 0 saturated carbocycles. The number of benzene rings is 1. The van der Waals surface area contributed by atoms with Gasteiger partial charge in [0.05, 0.1) is 30.1 Å². The van der Waals surface area contributed by atoms with Crippen molar-refractivity contribution >= 4 is 29.3 Å². The molecule has 1 heterocycles. The summed E-state index contributed by atoms with van der Waals surface area (Å²) in [7, 11) is 0. The minimum Gasteiger partial charge on any atom is -0.389 e. The van der Waals surface area contributed by atoms with Gasteiger partial charge in [0.1, 0.15) is 0 Å². The molecule has 0 bridgehead atoms. The molecule has 1 aliphatic rings. The third kappa shape index (κ3) is 5.61. The number of rotatable bonds is 5. The molecular weight excluding hydrogens is 373 g/mol. The number of thioether (sulfide) groups is 1. The molecule has 2 amide bonds. The van der Waals surface area contributed by atoms with Crippen molar-refractivity contribution in [1.82, 2.24) is 5.32 Å². The lowest BCUT2D eigenvalue weighted by molar-refractivity contribution is -0.137. The molecule has 26 heavy (non-hydrogen) atoms. The molecule has 2 atom stereocenters. The number of alkyl halides is 3. The molecule has 10 heteroatoms. The number of hydrogen-bond acceptors (Lipinski definition) is 5. The number of anilines is 1. The highest BCUT2D eigenvalue weighted by Crippen LogP contribution is 2.32. The maximum atomic E-state index is 13.1. The summed E-state index contributed by atoms with van der Waals surface area (Å²) in [6, 6.07) is 2.05. The summed E-state index contributed by atoms with van der Waals surface area (Å²) in [6.07, 6.45) is -3.57. The van der Waals surface area contributed by atoms with Crippen LogP contribution in [0.1, 0.15) is 22.3 Å². The van der Waals surface area contributed by atoms with E-state index >= 15 is 0 Å². The van der Waals surface area contributed by atoms with E-state index in [1.54, 1.807) is 6.26 Å². The maximum absolute atomic E-state index is 13.1. The van der Waals surface area contributed by atoms with Gasteiger partial charge in [-0.2, -0.15) is 24.9 Å². The molecule has 0 aromatic heterocycles. The van der Waals surface area contributed by atoms with Crippen molar-refractivity contribution in [2.75, 3.05) is 30.5 Å². The molecule has 1 aromatic rings. The van der Waals surface area contributed by atoms with E-state index in [-0.39, 0.29) is 23.6 Å². The van der Waals surface area contributed by atoms with Crippen LogP contribution >= 0.6 is 11.8 Å². The van der Waals surface area contributed by atoms with E-state index in [1.165, 1.54) is 17.8 Å². The third-order valence-electron chi connectivity index (χ3n) is 3.72. The Morgan fingerprint density at radius 1 is 1.35 bits per heavy atom. The van der Waals surface area contributed by atoms with Gasteiger partial charge >= 0.3 is 6.18 Å². The third-order valence-corrected chi connectivity index (χ3v) is 4.28. The summed E-state index contributed by atoms with van der Waals surface area (Å²) >= 11 is 1.22. The number of ether oxygens (including phenoxy) is 1. The smallest absolute Gasteiger partial charge is 0.389 e. The van der Waals surface area contributed by atoms with E-state index in [4.69, 9.17) is 4.74 Å². The van der Waals surface area contributed by atoms with Gasteiger partial charge in [-0.3, -0.25) is 9.59 Å². The fourth-order valence-electron chi connectivity index (χ4n) is 2.47. The Morgan fingerprint density at radius 2 is 2.08 bits per heavy atom. The van der Waals surface area contributed by atoms with Crippen LogP contribution in [0, 0.1) is 0 Å². The quantitative estimate of drug-likeness (QED) is 0.712. The van der Waals surface area contributed by atoms with Crippen LogP contribution in [0.4, 0.5) is 18.9 Å². The maximum Gasteiger partial charge on any atom is 0.416 e. The lowest BCUT2D eigenvalue weighted by Crippen LogP contribution is -2.48. The van der Waals surface area contributed by atoms with Crippen molar-refractivity contribution in [2.45, 2.75) is 24.7 Å². The fourth-order valence-corrected chi connectivity index (χ4v) is 2.80. The van der Waals surface area contributed by atoms with Gasteiger partial charge in [0.15, 0.2) is 0 Å². The Bertz CT molecular complexity index is 669. The average Bonchev–Trinajstić information content (AvgIpc) is 2.56. The van der Waals surface area contributed by atoms with Crippen molar-refractivity contribution < 1.29 is 32.6 Å². The van der Waals surface area contributed by atoms with Crippen LogP contribution in [0.2, 0.25) is 0 Å². The van der Waals surface area contributed by atoms with Crippen molar-refractivity contribution in [1.29, 1.82) is 0 Å². The van der Waals surface area contributed by atoms with Crippen LogP contribution in [0.5, 0.6) is 0 Å². The van der Waals surface area contributed by atoms with E-state index in [1.807, 2.05) is 0 Å². The number of nitrogens with one attached hydrogen (secondary N) is 2. The lowest BCUT2D eigenvalue weighted by atomic mass is 10.0. The van der Waals surface area contributed by atoms with E-state index in [2.05, 4.69) is 10.6 Å². The number of hydrogen-bond donors (Lipinski definition) is 3. The molecule has 1 fully saturated rings. The fraction of sp³-hybridized carbons (Fsp3) is 0.500. The molecule has 0 radical (unpaired) electrons. The van der Waals surface area contributed by atoms with Gasteiger partial charge in [0, 0.05) is 17.9 Å². The Labute approximate surface area is 152 Å². The molecule has 3 N–H and O–H groups in total. The molecule has 0 unspecified atom stereocenters. The topological polar surface area (TPSA) is 87.7 Å². The predicted octanol–water partition coefficient (Wildman–Crippen LogP) is 1.89. The predicted molar refractivity (Wildman–Crippen MR) is 91.2 cm³/mol. The number of halogens is 3. The Balaban J connectivity index is 2.24. The van der Waals surface area contributed by atoms with E-state index in [0.29, 0.717) is 19.1 Å². The molecule has 1 aliphatic heterocycles. The van der Waals surface area contributed by atoms with Gasteiger partial charge in [-0.25, -0.2) is 0 Å². The molecule has 0 aliphatic carbocycles. The SMILES string of the molecule is CSCC(=O)Nc1cc(C(=O)N[C@H]2CCOC[C@@H]2O)cc(C(F)(F)F)c1. The average molecular weight is 392 g/mol. The molecule has 1 aromatic carbocycles. The number of aliphatic hydroxyl groups is 1. The van der Waals surface area contributed by atoms with Gasteiger partial charge in [-0.05, 0) is 30.9 Å². The first kappa shape index (κ1) is 20.5. The zero-order chi connectivity index (χ0) is 19.3. The Morgan fingerprint density at radius 3 is 2.69 bits per heavy atom. The lowest BCUT2D eigenvalue weighted by Gasteiger charge is -2.28. The van der Waals surface area contributed by atoms with Crippen LogP contribution in [0.3, 0.4) is 0 Å². The monoisotopic (exact) mass is 392 g/mol. The molecule has 1 saturated heterocycles. The van der Waals surface area contributed by atoms with Crippen LogP contribution in [0.25, 0.3) is 0 Å². The second-order valence-electron chi connectivity index (χ2n) is 5.79. The molecule has 2 rings (SSSR count). The van der Waals surface area contributed by atoms with Crippen molar-refractivity contribution in [2.24, 2.45) is 0 Å². The van der Waals surface area contributed by atoms with Crippen molar-refractivity contribution in [3.8, 4) is 0 Å². The van der Waals surface area contributed by atoms with Crippen LogP contribution in [-0.2, 0) is 15.7 Å². The van der Waals surface area contributed by atoms with Crippen molar-refractivity contribution in [3.63, 3.8) is 0 Å². The van der Waals surface area contributed by atoms with E-state index < -0.39 is 35.7 Å². The highest BCUT2D eigenvalue weighted by molar-refractivity contribution is 7.99. The Hall–Kier alpha value is -1.78. The number of aliphatic hydroxyl groups excluding tert-OH is 1. The van der Waals surface area contributed by atoms with Gasteiger partial charge < -0.3 is 20.5 Å². The zero-order valence-electron chi connectivity index (χ0n) is 13.9. The summed E-state index contributed by atoms with van der Waals surface area (Å²) in [4.78, 5) is 24.0. The standard InChI is InChI=1S/C16H19F3N2O4S/c1-26-8-14(23)20-11-5-9(4-10(6-11)16(17,18)19)15(24)21-12-2-3-25-7-13(12)22/h4-6,12-13,22H,2-3,7-8H2,1H3,(H,20,23)(H,21,24)/t12-,13-/m0/s1. The highest BCUT2D eigenvalue weighted by Gasteiger charge is 2.32. The number of carbonyl (C=O) groups excluding carboxylic acids is 2. The summed E-state index contributed by atoms with van der Waals surface area (Å²) in [5.74, 6) is -1.16. The second-order valence-corrected chi connectivity index (χ2v) is 6.65. The van der Waals surface area contributed by atoms with Crippen LogP contribution in [0.15, 0.2) is 18.2 Å². The molecular formula is C16H19F3N2O4S. The van der Waals surface area contributed by atoms with E-state index in [0.717, 1.165) is 6.07 Å². The summed E-state index contributed by atoms with van der Waals surface area (Å²) < 4.78 is 44.4. The summed E-state index contributed by atoms with van der Waals surface area (Å²) in [5.41, 5.74) is -1.41. The largest absolute Gasteiger partial charge is 0.416 e. The van der Waals surface area contributed by atoms with E-state index in [9.17, 15) is 27.9 Å². The van der Waals surface area contributed by atoms with Gasteiger partial charge in [0.25, 0.3) is 5.91 Å². The summed E-state index contributed by atoms with van der Waals surface area (Å²) in [5, 5.41) is 14.7. The first-order valence-corrected chi connectivity index (χ1v) is 9.18. The summed E-state index contributed by atoms with van der Waals surface area (Å²) in [6.45, 7) is 0.379. The highest BCUT2D eigenvalue weighted by atomic mass is 32.2. The van der Waals surface area contributed by atoms with Gasteiger partial charge in [-0.1, -0.05) is 0 Å². The van der Waals surface area contributed by atoms with Gasteiger partial charge in [-0.15, -0.1) is 0 Å². The van der Waals surface area contributed by atoms with Crippen molar-refractivity contribution in [3.05, 3.63) is 29.3 Å². The second kappa shape index (κ2) is 8.74. The number of amides is 2.